The molecule has 1 N–H and O–H groups in total. The fraction of sp³-hybridized carbons (Fsp3) is 0.211. The van der Waals surface area contributed by atoms with Gasteiger partial charge in [0.2, 0.25) is 5.91 Å². The molecule has 150 valence electrons. The summed E-state index contributed by atoms with van der Waals surface area (Å²) in [4.78, 5) is 12.1. The second-order valence-corrected chi connectivity index (χ2v) is 8.69. The third kappa shape index (κ3) is 4.69. The fourth-order valence-electron chi connectivity index (χ4n) is 2.69. The van der Waals surface area contributed by atoms with Crippen molar-refractivity contribution in [3.63, 3.8) is 0 Å². The van der Waals surface area contributed by atoms with Gasteiger partial charge in [-0.3, -0.25) is 9.36 Å². The molecule has 0 saturated heterocycles. The molecule has 4 rings (SSSR count). The van der Waals surface area contributed by atoms with Crippen LogP contribution in [-0.4, -0.2) is 32.5 Å². The van der Waals surface area contributed by atoms with Crippen LogP contribution >= 0.6 is 46.6 Å². The molecule has 1 aromatic heterocycles. The van der Waals surface area contributed by atoms with E-state index in [4.69, 9.17) is 34.8 Å². The lowest BCUT2D eigenvalue weighted by Gasteiger charge is -2.12. The van der Waals surface area contributed by atoms with Crippen molar-refractivity contribution >= 4 is 52.5 Å². The zero-order valence-corrected chi connectivity index (χ0v) is 17.9. The van der Waals surface area contributed by atoms with Gasteiger partial charge in [0.05, 0.1) is 21.5 Å². The van der Waals surface area contributed by atoms with Crippen LogP contribution in [0.3, 0.4) is 0 Å². The third-order valence-electron chi connectivity index (χ3n) is 4.24. The van der Waals surface area contributed by atoms with Gasteiger partial charge >= 0.3 is 0 Å². The maximum atomic E-state index is 13.7. The van der Waals surface area contributed by atoms with Crippen LogP contribution in [0.4, 0.5) is 4.39 Å². The summed E-state index contributed by atoms with van der Waals surface area (Å²) in [5.74, 6) is 0.0000445. The van der Waals surface area contributed by atoms with E-state index >= 15 is 0 Å². The first-order valence-corrected chi connectivity index (χ1v) is 10.8. The van der Waals surface area contributed by atoms with Crippen molar-refractivity contribution in [3.05, 3.63) is 57.3 Å². The molecule has 3 aromatic rings. The first-order valence-electron chi connectivity index (χ1n) is 8.71. The molecule has 1 saturated carbocycles. The normalized spacial score (nSPS) is 13.5. The fourth-order valence-corrected chi connectivity index (χ4v) is 4.12. The third-order valence-corrected chi connectivity index (χ3v) is 6.01. The summed E-state index contributed by atoms with van der Waals surface area (Å²) in [5, 5.41) is 12.7. The Morgan fingerprint density at radius 1 is 1.14 bits per heavy atom. The number of hydrogen-bond donors (Lipinski definition) is 1. The topological polar surface area (TPSA) is 59.8 Å². The van der Waals surface area contributed by atoms with Gasteiger partial charge in [0.25, 0.3) is 0 Å². The monoisotopic (exact) mass is 470 g/mol. The SMILES string of the molecule is O=C(CSc1nnc(-c2ccc(Cl)cc2Cl)n1-c1ccc(F)c(Cl)c1)NC1CC1. The van der Waals surface area contributed by atoms with Crippen molar-refractivity contribution in [2.24, 2.45) is 0 Å². The highest BCUT2D eigenvalue weighted by molar-refractivity contribution is 7.99. The molecule has 10 heteroatoms. The van der Waals surface area contributed by atoms with Crippen LogP contribution in [0.15, 0.2) is 41.6 Å². The Kier molecular flexibility index (Phi) is 6.01. The number of aromatic nitrogens is 3. The minimum Gasteiger partial charge on any atom is -0.353 e. The average Bonchev–Trinajstić information content (AvgIpc) is 3.39. The first kappa shape index (κ1) is 20.5. The lowest BCUT2D eigenvalue weighted by molar-refractivity contribution is -0.118. The van der Waals surface area contributed by atoms with E-state index in [1.165, 1.54) is 23.9 Å². The quantitative estimate of drug-likeness (QED) is 0.489. The second-order valence-electron chi connectivity index (χ2n) is 6.49. The standard InChI is InChI=1S/C19H14Cl3FN4OS/c20-10-1-5-13(14(21)7-10)18-25-26-19(29-9-17(28)24-11-2-3-11)27(18)12-4-6-16(23)15(22)8-12/h1,4-8,11H,2-3,9H2,(H,24,28). The van der Waals surface area contributed by atoms with Gasteiger partial charge in [0, 0.05) is 16.6 Å². The maximum Gasteiger partial charge on any atom is 0.230 e. The predicted molar refractivity (Wildman–Crippen MR) is 114 cm³/mol. The van der Waals surface area contributed by atoms with Gasteiger partial charge in [0.1, 0.15) is 5.82 Å². The van der Waals surface area contributed by atoms with Gasteiger partial charge in [-0.25, -0.2) is 4.39 Å². The molecule has 0 aliphatic heterocycles. The molecule has 0 radical (unpaired) electrons. The lowest BCUT2D eigenvalue weighted by Crippen LogP contribution is -2.27. The number of thioether (sulfide) groups is 1. The van der Waals surface area contributed by atoms with E-state index in [1.54, 1.807) is 28.8 Å². The Labute approximate surface area is 185 Å². The lowest BCUT2D eigenvalue weighted by atomic mass is 10.2. The molecule has 0 bridgehead atoms. The van der Waals surface area contributed by atoms with E-state index in [-0.39, 0.29) is 22.7 Å². The number of halogens is 4. The van der Waals surface area contributed by atoms with Gasteiger partial charge < -0.3 is 5.32 Å². The first-order chi connectivity index (χ1) is 13.9. The van der Waals surface area contributed by atoms with Crippen LogP contribution in [0.25, 0.3) is 17.1 Å². The Bertz CT molecular complexity index is 1090. The summed E-state index contributed by atoms with van der Waals surface area (Å²) >= 11 is 19.6. The minimum absolute atomic E-state index is 0.0354. The van der Waals surface area contributed by atoms with Crippen LogP contribution in [0.1, 0.15) is 12.8 Å². The summed E-state index contributed by atoms with van der Waals surface area (Å²) in [6.45, 7) is 0. The molecule has 1 heterocycles. The zero-order chi connectivity index (χ0) is 20.5. The van der Waals surface area contributed by atoms with Crippen LogP contribution in [0.5, 0.6) is 0 Å². The van der Waals surface area contributed by atoms with Crippen LogP contribution < -0.4 is 5.32 Å². The van der Waals surface area contributed by atoms with E-state index < -0.39 is 5.82 Å². The predicted octanol–water partition coefficient (Wildman–Crippen LogP) is 5.40. The van der Waals surface area contributed by atoms with Crippen LogP contribution in [0.2, 0.25) is 15.1 Å². The summed E-state index contributed by atoms with van der Waals surface area (Å²) in [6, 6.07) is 9.60. The minimum atomic E-state index is -0.535. The van der Waals surface area contributed by atoms with Crippen LogP contribution in [-0.2, 0) is 4.79 Å². The van der Waals surface area contributed by atoms with Gasteiger partial charge in [-0.1, -0.05) is 46.6 Å². The Morgan fingerprint density at radius 2 is 1.93 bits per heavy atom. The summed E-state index contributed by atoms with van der Waals surface area (Å²) in [7, 11) is 0. The van der Waals surface area contributed by atoms with E-state index in [0.717, 1.165) is 12.8 Å². The van der Waals surface area contributed by atoms with E-state index in [1.807, 2.05) is 0 Å². The number of carbonyl (C=O) groups is 1. The maximum absolute atomic E-state index is 13.7. The number of nitrogens with zero attached hydrogens (tertiary/aromatic N) is 3. The van der Waals surface area contributed by atoms with Gasteiger partial charge in [-0.2, -0.15) is 0 Å². The highest BCUT2D eigenvalue weighted by Crippen LogP contribution is 2.34. The number of nitrogens with one attached hydrogen (secondary N) is 1. The van der Waals surface area contributed by atoms with Crippen molar-refractivity contribution in [2.45, 2.75) is 24.0 Å². The molecular formula is C19H14Cl3FN4OS. The summed E-state index contributed by atoms with van der Waals surface area (Å²) in [6.07, 6.45) is 2.03. The summed E-state index contributed by atoms with van der Waals surface area (Å²) in [5.41, 5.74) is 1.14. The Hall–Kier alpha value is -1.80. The molecule has 1 aliphatic carbocycles. The van der Waals surface area contributed by atoms with Crippen molar-refractivity contribution < 1.29 is 9.18 Å². The van der Waals surface area contributed by atoms with Gasteiger partial charge in [0.15, 0.2) is 11.0 Å². The molecule has 5 nitrogen and oxygen atoms in total. The molecular weight excluding hydrogens is 458 g/mol. The molecule has 0 spiro atoms. The van der Waals surface area contributed by atoms with Crippen molar-refractivity contribution in [3.8, 4) is 17.1 Å². The van der Waals surface area contributed by atoms with Crippen molar-refractivity contribution in [1.82, 2.24) is 20.1 Å². The molecule has 1 aliphatic rings. The Balaban J connectivity index is 1.73. The Morgan fingerprint density at radius 3 is 2.62 bits per heavy atom. The van der Waals surface area contributed by atoms with E-state index in [2.05, 4.69) is 15.5 Å². The number of hydrogen-bond acceptors (Lipinski definition) is 4. The molecule has 1 fully saturated rings. The largest absolute Gasteiger partial charge is 0.353 e. The number of carbonyl (C=O) groups excluding carboxylic acids is 1. The summed E-state index contributed by atoms with van der Waals surface area (Å²) < 4.78 is 15.4. The average molecular weight is 472 g/mol. The number of benzene rings is 2. The number of amides is 1. The molecule has 0 atom stereocenters. The highest BCUT2D eigenvalue weighted by Gasteiger charge is 2.24. The van der Waals surface area contributed by atoms with Crippen LogP contribution in [0, 0.1) is 5.82 Å². The molecule has 29 heavy (non-hydrogen) atoms. The second kappa shape index (κ2) is 8.52. The van der Waals surface area contributed by atoms with Gasteiger partial charge in [-0.05, 0) is 49.2 Å². The number of rotatable bonds is 6. The highest BCUT2D eigenvalue weighted by atomic mass is 35.5. The van der Waals surface area contributed by atoms with E-state index in [0.29, 0.717) is 32.3 Å². The van der Waals surface area contributed by atoms with Crippen molar-refractivity contribution in [1.29, 1.82) is 0 Å². The molecule has 2 aromatic carbocycles. The zero-order valence-electron chi connectivity index (χ0n) is 14.8. The van der Waals surface area contributed by atoms with Gasteiger partial charge in [-0.15, -0.1) is 10.2 Å². The van der Waals surface area contributed by atoms with E-state index in [9.17, 15) is 9.18 Å². The van der Waals surface area contributed by atoms with Crippen molar-refractivity contribution in [2.75, 3.05) is 5.75 Å². The molecule has 1 amide bonds. The smallest absolute Gasteiger partial charge is 0.230 e. The molecule has 0 unspecified atom stereocenters.